The highest BCUT2D eigenvalue weighted by Crippen LogP contribution is 2.46. The van der Waals surface area contributed by atoms with Gasteiger partial charge in [0.15, 0.2) is 0 Å². The number of aliphatic imine (C=N–C) groups is 4. The van der Waals surface area contributed by atoms with Crippen LogP contribution in [0.15, 0.2) is 502 Å². The second-order valence-electron chi connectivity index (χ2n) is 35.3. The summed E-state index contributed by atoms with van der Waals surface area (Å²) < 4.78 is 13.8. The van der Waals surface area contributed by atoms with Gasteiger partial charge in [0.05, 0.1) is 71.8 Å². The number of carbonyl (C=O) groups is 1. The van der Waals surface area contributed by atoms with Gasteiger partial charge in [-0.25, -0.2) is 24.8 Å². The van der Waals surface area contributed by atoms with Crippen molar-refractivity contribution in [3.8, 4) is 23.0 Å². The molecule has 0 saturated carbocycles. The third-order valence-corrected chi connectivity index (χ3v) is 26.1. The number of ether oxygens (including phenoxy) is 1. The number of aromatic nitrogens is 7. The lowest BCUT2D eigenvalue weighted by molar-refractivity contribution is -0.135. The van der Waals surface area contributed by atoms with Gasteiger partial charge in [-0.15, -0.1) is 0 Å². The van der Waals surface area contributed by atoms with Crippen molar-refractivity contribution in [3.05, 3.63) is 600 Å². The predicted molar refractivity (Wildman–Crippen MR) is 559 cm³/mol. The van der Waals surface area contributed by atoms with Gasteiger partial charge >= 0.3 is 5.97 Å². The monoisotopic (exact) mass is 1850 g/mol. The van der Waals surface area contributed by atoms with Crippen LogP contribution in [0.1, 0.15) is 102 Å². The van der Waals surface area contributed by atoms with Crippen molar-refractivity contribution in [2.24, 2.45) is 20.0 Å². The average Bonchev–Trinajstić information content (AvgIpc) is 1.61. The summed E-state index contributed by atoms with van der Waals surface area (Å²) >= 11 is 0. The molecule has 8 aliphatic rings. The minimum atomic E-state index is -0.572. The molecule has 0 spiro atoms. The number of nitrogens with zero attached hydrogens (tertiary/aromatic N) is 9. The highest BCUT2D eigenvalue weighted by molar-refractivity contribution is 6.36. The molecule has 0 radical (unpaired) electrons. The molecule has 21 nitrogen and oxygen atoms in total. The van der Waals surface area contributed by atoms with Gasteiger partial charge < -0.3 is 52.9 Å². The summed E-state index contributed by atoms with van der Waals surface area (Å²) in [6, 6.07) is 95.7. The van der Waals surface area contributed by atoms with E-state index < -0.39 is 5.97 Å². The molecule has 7 aromatic heterocycles. The molecule has 5 N–H and O–H groups in total. The number of carbonyl (C=O) groups excluding carboxylic acids is 1. The van der Waals surface area contributed by atoms with Crippen LogP contribution >= 0.6 is 0 Å². The number of fused-ring (bicyclic) bond motifs is 12. The first-order valence-electron chi connectivity index (χ1n) is 46.6. The number of hydrogen-bond donors (Lipinski definition) is 5. The summed E-state index contributed by atoms with van der Waals surface area (Å²) in [6.45, 7) is 1.52. The molecule has 0 amide bonds. The first kappa shape index (κ1) is 88.3. The molecule has 686 valence electrons. The van der Waals surface area contributed by atoms with Crippen molar-refractivity contribution in [2.45, 2.75) is 45.6 Å². The largest absolute Gasteiger partial charge is 0.508 e. The standard InChI is InChI=1S/C69H51N7O4.C52H36N4O6/c77-62-9-1-5-37-73(62)42-46-13-21-50(22-14-46)66-54-29-30-55(41-54)67(51-23-15-47(16-24-51)43-74-38-6-2-10-63(74)78)57-32-34-59(71-57)69(53-27-19-49(20-28-53)45-76-40-8-4-12-65(76)80)61-36-35-60(72-61)68(58-33-31-56(66)70-58)52-25-17-48(18-26-52)44-75-39-7-3-11-64(75)79;57-37-14-6-31(7-15-37)49-35-4-5-36(29-35)50(32-12-20-40(21-13-32)62-48(61)30-56-28-2-1-3-47(56)60)42-23-25-44(54-42)52(34-10-18-39(59)19-11-34)46-27-26-45(55-46)51(43-24-22-41(49)53-43)33-8-16-38(58)17-9-33/h1-40,72H,41-45H2;1-28,55,57-59H,29-30H2. The van der Waals surface area contributed by atoms with Crippen molar-refractivity contribution < 1.29 is 24.9 Å². The molecule has 0 unspecified atom stereocenters. The van der Waals surface area contributed by atoms with Gasteiger partial charge in [0, 0.05) is 129 Å². The van der Waals surface area contributed by atoms with Gasteiger partial charge in [-0.05, 0) is 254 Å². The van der Waals surface area contributed by atoms with Crippen LogP contribution in [-0.4, -0.2) is 76.9 Å². The minimum Gasteiger partial charge on any atom is -0.508 e. The van der Waals surface area contributed by atoms with Crippen molar-refractivity contribution >= 4 is 73.4 Å². The summed E-state index contributed by atoms with van der Waals surface area (Å²) in [7, 11) is 0. The quantitative estimate of drug-likeness (QED) is 0.0377. The van der Waals surface area contributed by atoms with Crippen LogP contribution in [-0.2, 0) is 37.5 Å². The number of benzene rings is 8. The van der Waals surface area contributed by atoms with E-state index in [1.165, 1.54) is 10.6 Å². The number of allylic oxidation sites excluding steroid dienone is 20. The van der Waals surface area contributed by atoms with Gasteiger partial charge in [-0.2, -0.15) is 0 Å². The summed E-state index contributed by atoms with van der Waals surface area (Å²) in [6.07, 6.45) is 34.9. The summed E-state index contributed by atoms with van der Waals surface area (Å²) in [5, 5.41) is 30.8. The summed E-state index contributed by atoms with van der Waals surface area (Å²) in [5.74, 6) is 0.216. The number of esters is 1. The number of H-pyrrole nitrogens is 2. The fraction of sp³-hybridized carbons (Fsp3) is 0.0579. The number of nitrogens with one attached hydrogen (secondary N) is 2. The number of pyridine rings is 5. The lowest BCUT2D eigenvalue weighted by Gasteiger charge is -2.15. The lowest BCUT2D eigenvalue weighted by atomic mass is 9.91. The van der Waals surface area contributed by atoms with E-state index in [0.717, 1.165) is 196 Å². The number of hydrogen-bond acceptors (Lipinski definition) is 14. The van der Waals surface area contributed by atoms with Gasteiger partial charge in [-0.1, -0.05) is 200 Å². The third kappa shape index (κ3) is 18.4. The smallest absolute Gasteiger partial charge is 0.331 e. The van der Waals surface area contributed by atoms with E-state index in [2.05, 4.69) is 168 Å². The Hall–Kier alpha value is -19.0. The van der Waals surface area contributed by atoms with Crippen LogP contribution in [0.5, 0.6) is 23.0 Å². The second kappa shape index (κ2) is 38.3. The van der Waals surface area contributed by atoms with Crippen LogP contribution < -0.4 is 32.5 Å². The Kier molecular flexibility index (Phi) is 23.8. The molecular formula is C121H87N11O10. The number of phenols is 3. The van der Waals surface area contributed by atoms with Crippen LogP contribution in [0.3, 0.4) is 0 Å². The van der Waals surface area contributed by atoms with Gasteiger partial charge in [0.1, 0.15) is 29.5 Å². The van der Waals surface area contributed by atoms with E-state index in [9.17, 15) is 44.1 Å². The topological polar surface area (TPSA) is 278 Å². The Morgan fingerprint density at radius 3 is 0.725 bits per heavy atom. The van der Waals surface area contributed by atoms with Crippen molar-refractivity contribution in [2.75, 3.05) is 0 Å². The van der Waals surface area contributed by atoms with Gasteiger partial charge in [0.2, 0.25) is 0 Å². The fourth-order valence-corrected chi connectivity index (χ4v) is 19.2. The normalized spacial score (nSPS) is 15.0. The molecule has 21 heteroatoms. The first-order chi connectivity index (χ1) is 69.5. The molecule has 0 atom stereocenters. The predicted octanol–water partition coefficient (Wildman–Crippen LogP) is 20.6. The molecular weight excluding hydrogens is 1770 g/mol. The maximum absolute atomic E-state index is 12.9. The zero-order valence-corrected chi connectivity index (χ0v) is 76.4. The SMILES string of the molecule is O=C(Cn1ccccc1=O)Oc1ccc(C2=C3C=CC(=C(c4ccc(O)cc4)C4=NC(=C(c5ccc(O)cc5)c5ccc([nH]5)C(c5ccc(O)cc5)=C5C=CC2=N5)C=C4)C3)cc1.O=c1ccccn1Cc1ccc(C2=C3C=CC(=C(c4ccc(Cn5ccccc5=O)cc4)C4=NC(=C(c5ccc(Cn6ccccc6=O)cc5)c5ccc([nH]5)C(c5ccc(Cn6ccccc6=O)cc5)=C5C=CC2=N5)C=C4)C3)cc1. The van der Waals surface area contributed by atoms with E-state index in [-0.39, 0.29) is 51.6 Å². The second-order valence-corrected chi connectivity index (χ2v) is 35.3. The molecule has 8 aromatic carbocycles. The maximum Gasteiger partial charge on any atom is 0.331 e. The van der Waals surface area contributed by atoms with E-state index in [1.54, 1.807) is 146 Å². The van der Waals surface area contributed by atoms with Crippen LogP contribution in [0.25, 0.3) is 44.6 Å². The molecule has 142 heavy (non-hydrogen) atoms. The molecule has 23 rings (SSSR count). The third-order valence-electron chi connectivity index (χ3n) is 26.1. The Bertz CT molecular complexity index is 8360. The van der Waals surface area contributed by atoms with E-state index in [4.69, 9.17) is 24.7 Å². The number of phenolic OH excluding ortho intramolecular Hbond substituents is 3. The minimum absolute atomic E-state index is 0.0590. The number of aromatic amines is 2. The first-order valence-corrected chi connectivity index (χ1v) is 46.6. The summed E-state index contributed by atoms with van der Waals surface area (Å²) in [5.41, 5.74) is 31.4. The van der Waals surface area contributed by atoms with Crippen molar-refractivity contribution in [3.63, 3.8) is 0 Å². The zero-order valence-electron chi connectivity index (χ0n) is 76.4. The molecule has 15 aromatic rings. The Morgan fingerprint density at radius 2 is 0.479 bits per heavy atom. The van der Waals surface area contributed by atoms with E-state index in [1.807, 2.05) is 122 Å². The van der Waals surface area contributed by atoms with E-state index >= 15 is 0 Å². The Balaban J connectivity index is 0.000000168. The highest BCUT2D eigenvalue weighted by atomic mass is 16.5. The molecule has 0 saturated heterocycles. The van der Waals surface area contributed by atoms with Crippen molar-refractivity contribution in [1.82, 2.24) is 32.8 Å². The van der Waals surface area contributed by atoms with Crippen molar-refractivity contribution in [1.29, 1.82) is 0 Å². The van der Waals surface area contributed by atoms with Crippen LogP contribution in [0.4, 0.5) is 0 Å². The average molecular weight is 1860 g/mol. The molecule has 6 aliphatic heterocycles. The maximum atomic E-state index is 12.9. The summed E-state index contributed by atoms with van der Waals surface area (Å²) in [4.78, 5) is 105. The van der Waals surface area contributed by atoms with Gasteiger partial charge in [0.25, 0.3) is 27.8 Å². The zero-order chi connectivity index (χ0) is 96.4. The fourth-order valence-electron chi connectivity index (χ4n) is 19.2. The Morgan fingerprint density at radius 1 is 0.254 bits per heavy atom. The van der Waals surface area contributed by atoms with E-state index in [0.29, 0.717) is 50.5 Å². The Labute approximate surface area is 814 Å². The number of aromatic hydroxyl groups is 3. The molecule has 16 bridgehead atoms. The molecule has 2 aliphatic carbocycles. The lowest BCUT2D eigenvalue weighted by Crippen LogP contribution is -2.25. The van der Waals surface area contributed by atoms with Gasteiger partial charge in [-0.3, -0.25) is 24.0 Å². The highest BCUT2D eigenvalue weighted by Gasteiger charge is 2.32. The molecule has 13 heterocycles. The van der Waals surface area contributed by atoms with Crippen LogP contribution in [0, 0.1) is 0 Å². The number of rotatable bonds is 19. The molecule has 0 fully saturated rings. The van der Waals surface area contributed by atoms with Crippen LogP contribution in [0.2, 0.25) is 0 Å².